The molecule has 1 amide bonds. The number of halogens is 1. The molecule has 0 spiro atoms. The molecule has 1 saturated carbocycles. The second kappa shape index (κ2) is 4.32. The van der Waals surface area contributed by atoms with Gasteiger partial charge in [0.15, 0.2) is 0 Å². The summed E-state index contributed by atoms with van der Waals surface area (Å²) < 4.78 is 0. The van der Waals surface area contributed by atoms with Crippen molar-refractivity contribution >= 4 is 17.5 Å². The summed E-state index contributed by atoms with van der Waals surface area (Å²) in [5.41, 5.74) is 0.130. The molecule has 1 atom stereocenters. The molecule has 0 saturated heterocycles. The van der Waals surface area contributed by atoms with Crippen molar-refractivity contribution in [2.75, 3.05) is 5.88 Å². The number of amides is 1. The summed E-state index contributed by atoms with van der Waals surface area (Å²) in [7, 11) is 0. The minimum Gasteiger partial charge on any atom is -0.349 e. The van der Waals surface area contributed by atoms with Gasteiger partial charge in [-0.2, -0.15) is 0 Å². The van der Waals surface area contributed by atoms with E-state index < -0.39 is 0 Å². The fourth-order valence-electron chi connectivity index (χ4n) is 1.37. The minimum absolute atomic E-state index is 0.0593. The minimum atomic E-state index is -0.0593. The van der Waals surface area contributed by atoms with Crippen LogP contribution in [0.15, 0.2) is 0 Å². The molecule has 3 heteroatoms. The summed E-state index contributed by atoms with van der Waals surface area (Å²) in [5.74, 6) is 1.09. The molecule has 0 heterocycles. The van der Waals surface area contributed by atoms with Gasteiger partial charge in [-0.3, -0.25) is 4.79 Å². The Kier molecular flexibility index (Phi) is 3.70. The quantitative estimate of drug-likeness (QED) is 0.741. The van der Waals surface area contributed by atoms with Crippen LogP contribution in [0.2, 0.25) is 0 Å². The molecule has 0 aromatic carbocycles. The first-order valence-corrected chi connectivity index (χ1v) is 6.19. The van der Waals surface area contributed by atoms with Crippen LogP contribution >= 0.6 is 11.6 Å². The Bertz CT molecular complexity index is 240. The molecule has 0 aliphatic heterocycles. The van der Waals surface area contributed by atoms with E-state index in [-0.39, 0.29) is 16.9 Å². The average molecular weight is 232 g/mol. The maximum Gasteiger partial charge on any atom is 0.220 e. The van der Waals surface area contributed by atoms with E-state index in [4.69, 9.17) is 11.6 Å². The lowest BCUT2D eigenvalue weighted by Gasteiger charge is -2.27. The summed E-state index contributed by atoms with van der Waals surface area (Å²) in [6.45, 7) is 8.62. The highest BCUT2D eigenvalue weighted by molar-refractivity contribution is 6.19. The Morgan fingerprint density at radius 1 is 1.47 bits per heavy atom. The van der Waals surface area contributed by atoms with Crippen molar-refractivity contribution in [2.24, 2.45) is 11.3 Å². The van der Waals surface area contributed by atoms with Crippen molar-refractivity contribution in [1.29, 1.82) is 0 Å². The van der Waals surface area contributed by atoms with Crippen LogP contribution in [0.4, 0.5) is 0 Å². The smallest absolute Gasteiger partial charge is 0.220 e. The fourth-order valence-corrected chi connectivity index (χ4v) is 1.71. The molecule has 15 heavy (non-hydrogen) atoms. The summed E-state index contributed by atoms with van der Waals surface area (Å²) in [6.07, 6.45) is 2.67. The Balaban J connectivity index is 2.36. The number of carbonyl (C=O) groups excluding carboxylic acids is 1. The highest BCUT2D eigenvalue weighted by Crippen LogP contribution is 2.37. The molecular weight excluding hydrogens is 210 g/mol. The maximum absolute atomic E-state index is 11.7. The van der Waals surface area contributed by atoms with Gasteiger partial charge in [0.1, 0.15) is 0 Å². The van der Waals surface area contributed by atoms with Gasteiger partial charge in [-0.05, 0) is 24.2 Å². The van der Waals surface area contributed by atoms with Crippen LogP contribution < -0.4 is 5.32 Å². The van der Waals surface area contributed by atoms with Crippen LogP contribution in [0.3, 0.4) is 0 Å². The molecule has 0 aromatic heterocycles. The molecule has 1 N–H and O–H groups in total. The zero-order valence-corrected chi connectivity index (χ0v) is 10.9. The molecule has 0 aromatic rings. The van der Waals surface area contributed by atoms with Crippen LogP contribution in [-0.2, 0) is 4.79 Å². The Labute approximate surface area is 97.8 Å². The number of alkyl halides is 1. The fraction of sp³-hybridized carbons (Fsp3) is 0.917. The van der Waals surface area contributed by atoms with Gasteiger partial charge >= 0.3 is 0 Å². The standard InChI is InChI=1S/C12H22ClNO/c1-9(11(2,3)4)7-10(15)14-12(8-13)5-6-12/h9H,5-8H2,1-4H3,(H,14,15). The van der Waals surface area contributed by atoms with Gasteiger partial charge in [-0.25, -0.2) is 0 Å². The molecule has 0 bridgehead atoms. The van der Waals surface area contributed by atoms with Crippen molar-refractivity contribution < 1.29 is 4.79 Å². The van der Waals surface area contributed by atoms with E-state index in [9.17, 15) is 4.79 Å². The molecule has 1 fully saturated rings. The van der Waals surface area contributed by atoms with E-state index in [1.165, 1.54) is 0 Å². The summed E-state index contributed by atoms with van der Waals surface area (Å²) in [6, 6.07) is 0. The SMILES string of the molecule is CC(CC(=O)NC1(CCl)CC1)C(C)(C)C. The first kappa shape index (κ1) is 12.8. The van der Waals surface area contributed by atoms with Crippen molar-refractivity contribution in [1.82, 2.24) is 5.32 Å². The lowest BCUT2D eigenvalue weighted by molar-refractivity contribution is -0.123. The predicted molar refractivity (Wildman–Crippen MR) is 64.1 cm³/mol. The zero-order valence-electron chi connectivity index (χ0n) is 10.2. The maximum atomic E-state index is 11.7. The summed E-state index contributed by atoms with van der Waals surface area (Å²) in [4.78, 5) is 11.7. The van der Waals surface area contributed by atoms with Gasteiger partial charge in [0.25, 0.3) is 0 Å². The zero-order chi connectivity index (χ0) is 11.7. The van der Waals surface area contributed by atoms with E-state index in [0.29, 0.717) is 18.2 Å². The number of rotatable bonds is 4. The van der Waals surface area contributed by atoms with Gasteiger partial charge in [0, 0.05) is 12.3 Å². The topological polar surface area (TPSA) is 29.1 Å². The van der Waals surface area contributed by atoms with Gasteiger partial charge in [0.2, 0.25) is 5.91 Å². The monoisotopic (exact) mass is 231 g/mol. The average Bonchev–Trinajstić information content (AvgIpc) is 2.83. The van der Waals surface area contributed by atoms with Crippen LogP contribution in [0, 0.1) is 11.3 Å². The van der Waals surface area contributed by atoms with Crippen molar-refractivity contribution in [3.8, 4) is 0 Å². The van der Waals surface area contributed by atoms with E-state index in [0.717, 1.165) is 12.8 Å². The first-order valence-electron chi connectivity index (χ1n) is 5.66. The van der Waals surface area contributed by atoms with Crippen molar-refractivity contribution in [3.05, 3.63) is 0 Å². The number of nitrogens with one attached hydrogen (secondary N) is 1. The predicted octanol–water partition coefficient (Wildman–Crippen LogP) is 2.95. The molecule has 1 unspecified atom stereocenters. The molecule has 1 aliphatic carbocycles. The van der Waals surface area contributed by atoms with E-state index >= 15 is 0 Å². The molecular formula is C12H22ClNO. The lowest BCUT2D eigenvalue weighted by atomic mass is 9.80. The third-order valence-electron chi connectivity index (χ3n) is 3.48. The van der Waals surface area contributed by atoms with Crippen molar-refractivity contribution in [2.45, 2.75) is 52.5 Å². The highest BCUT2D eigenvalue weighted by atomic mass is 35.5. The molecule has 1 aliphatic rings. The second-order valence-electron chi connectivity index (χ2n) is 5.93. The number of hydrogen-bond donors (Lipinski definition) is 1. The van der Waals surface area contributed by atoms with E-state index in [1.54, 1.807) is 0 Å². The Morgan fingerprint density at radius 2 is 2.00 bits per heavy atom. The van der Waals surface area contributed by atoms with Crippen LogP contribution in [0.1, 0.15) is 47.0 Å². The van der Waals surface area contributed by atoms with Gasteiger partial charge < -0.3 is 5.32 Å². The normalized spacial score (nSPS) is 20.9. The molecule has 88 valence electrons. The summed E-state index contributed by atoms with van der Waals surface area (Å²) >= 11 is 5.81. The lowest BCUT2D eigenvalue weighted by Crippen LogP contribution is -2.39. The van der Waals surface area contributed by atoms with Gasteiger partial charge in [-0.15, -0.1) is 11.6 Å². The van der Waals surface area contributed by atoms with E-state index in [1.807, 2.05) is 0 Å². The number of carbonyl (C=O) groups is 1. The van der Waals surface area contributed by atoms with Crippen molar-refractivity contribution in [3.63, 3.8) is 0 Å². The Morgan fingerprint density at radius 3 is 2.33 bits per heavy atom. The Hall–Kier alpha value is -0.240. The number of hydrogen-bond acceptors (Lipinski definition) is 1. The largest absolute Gasteiger partial charge is 0.349 e. The van der Waals surface area contributed by atoms with Gasteiger partial charge in [-0.1, -0.05) is 27.7 Å². The van der Waals surface area contributed by atoms with Crippen LogP contribution in [0.25, 0.3) is 0 Å². The third-order valence-corrected chi connectivity index (χ3v) is 4.00. The summed E-state index contributed by atoms with van der Waals surface area (Å²) in [5, 5.41) is 3.05. The third kappa shape index (κ3) is 3.67. The van der Waals surface area contributed by atoms with Crippen LogP contribution in [0.5, 0.6) is 0 Å². The van der Waals surface area contributed by atoms with E-state index in [2.05, 4.69) is 33.0 Å². The van der Waals surface area contributed by atoms with Gasteiger partial charge in [0.05, 0.1) is 5.54 Å². The molecule has 0 radical (unpaired) electrons. The highest BCUT2D eigenvalue weighted by Gasteiger charge is 2.43. The first-order chi connectivity index (χ1) is 6.79. The molecule has 1 rings (SSSR count). The van der Waals surface area contributed by atoms with Crippen LogP contribution in [-0.4, -0.2) is 17.3 Å². The molecule has 2 nitrogen and oxygen atoms in total. The second-order valence-corrected chi connectivity index (χ2v) is 6.20.